The van der Waals surface area contributed by atoms with Gasteiger partial charge < -0.3 is 19.9 Å². The maximum absolute atomic E-state index is 14.3. The first-order valence-electron chi connectivity index (χ1n) is 20.8. The lowest BCUT2D eigenvalue weighted by Gasteiger charge is -2.72. The van der Waals surface area contributed by atoms with E-state index >= 15 is 0 Å². The van der Waals surface area contributed by atoms with E-state index in [1.807, 2.05) is 37.4 Å². The second-order valence-corrected chi connectivity index (χ2v) is 20.3. The fraction of sp³-hybridized carbons (Fsp3) is 0.739. The number of likely N-dealkylation sites (N-methyl/N-ethyl adjacent to an activating group) is 1. The van der Waals surface area contributed by atoms with Gasteiger partial charge in [0.05, 0.1) is 18.3 Å². The van der Waals surface area contributed by atoms with E-state index in [1.165, 1.54) is 5.57 Å². The highest BCUT2D eigenvalue weighted by Gasteiger charge is 2.71. The van der Waals surface area contributed by atoms with Gasteiger partial charge in [-0.05, 0) is 129 Å². The van der Waals surface area contributed by atoms with Crippen LogP contribution in [0.5, 0.6) is 0 Å². The molecule has 0 aromatic heterocycles. The van der Waals surface area contributed by atoms with E-state index in [4.69, 9.17) is 9.47 Å². The number of ketones is 1. The van der Waals surface area contributed by atoms with Gasteiger partial charge in [0.1, 0.15) is 12.2 Å². The first-order valence-corrected chi connectivity index (χ1v) is 20.8. The normalized spacial score (nSPS) is 36.4. The number of fused-ring (bicyclic) bond motifs is 7. The summed E-state index contributed by atoms with van der Waals surface area (Å²) in [6.07, 6.45) is 7.50. The molecule has 6 rings (SSSR count). The van der Waals surface area contributed by atoms with Crippen LogP contribution in [0, 0.1) is 56.2 Å². The number of nitrogens with one attached hydrogen (secondary N) is 1. The Kier molecular flexibility index (Phi) is 10.7. The number of Topliss-reactive ketones (excluding diaryl/α,β-unsaturated/α-hetero) is 1. The van der Waals surface area contributed by atoms with E-state index in [0.717, 1.165) is 62.5 Å². The van der Waals surface area contributed by atoms with Gasteiger partial charge in [0.15, 0.2) is 5.78 Å². The summed E-state index contributed by atoms with van der Waals surface area (Å²) in [6.45, 7) is 20.1. The molecule has 5 aliphatic rings. The minimum atomic E-state index is -1.17. The van der Waals surface area contributed by atoms with Crippen LogP contribution in [0.3, 0.4) is 0 Å². The number of hydrogen-bond donors (Lipinski definition) is 2. The summed E-state index contributed by atoms with van der Waals surface area (Å²) < 4.78 is 12.7. The summed E-state index contributed by atoms with van der Waals surface area (Å²) in [5.74, 6) is -0.295. The summed E-state index contributed by atoms with van der Waals surface area (Å²) in [4.78, 5) is 52.8. The van der Waals surface area contributed by atoms with Gasteiger partial charge in [0.25, 0.3) is 0 Å². The molecular weight excluding hydrogens is 679 g/mol. The second-order valence-electron chi connectivity index (χ2n) is 20.3. The molecule has 1 aromatic carbocycles. The van der Waals surface area contributed by atoms with Crippen molar-refractivity contribution in [1.29, 1.82) is 0 Å². The first-order chi connectivity index (χ1) is 25.2. The van der Waals surface area contributed by atoms with Gasteiger partial charge >= 0.3 is 17.9 Å². The predicted molar refractivity (Wildman–Crippen MR) is 209 cm³/mol. The molecule has 4 fully saturated rings. The van der Waals surface area contributed by atoms with Crippen LogP contribution in [0.25, 0.3) is 0 Å². The summed E-state index contributed by atoms with van der Waals surface area (Å²) in [7, 11) is 1.91. The number of esters is 2. The second kappa shape index (κ2) is 14.2. The Morgan fingerprint density at radius 3 is 2.20 bits per heavy atom. The number of rotatable bonds is 11. The molecule has 4 saturated carbocycles. The van der Waals surface area contributed by atoms with Gasteiger partial charge in [-0.25, -0.2) is 0 Å². The van der Waals surface area contributed by atoms with Crippen LogP contribution in [-0.4, -0.2) is 54.6 Å². The van der Waals surface area contributed by atoms with Gasteiger partial charge in [-0.1, -0.05) is 78.8 Å². The largest absolute Gasteiger partial charge is 0.481 e. The lowest BCUT2D eigenvalue weighted by atomic mass is 9.33. The molecule has 0 bridgehead atoms. The van der Waals surface area contributed by atoms with Gasteiger partial charge in [0.2, 0.25) is 0 Å². The molecule has 0 saturated heterocycles. The predicted octanol–water partition coefficient (Wildman–Crippen LogP) is 8.75. The summed E-state index contributed by atoms with van der Waals surface area (Å²) >= 11 is 0. The molecule has 8 nitrogen and oxygen atoms in total. The summed E-state index contributed by atoms with van der Waals surface area (Å²) in [5.41, 5.74) is 1.31. The molecule has 1 aromatic rings. The smallest absolute Gasteiger partial charge is 0.310 e. The van der Waals surface area contributed by atoms with Crippen LogP contribution in [-0.2, 0) is 35.1 Å². The highest BCUT2D eigenvalue weighted by Crippen LogP contribution is 2.77. The molecule has 8 heteroatoms. The van der Waals surface area contributed by atoms with Crippen molar-refractivity contribution in [3.63, 3.8) is 0 Å². The van der Waals surface area contributed by atoms with Crippen LogP contribution >= 0.6 is 0 Å². The Hall–Kier alpha value is -3.00. The number of benzene rings is 1. The Morgan fingerprint density at radius 1 is 0.889 bits per heavy atom. The highest BCUT2D eigenvalue weighted by atomic mass is 16.5. The van der Waals surface area contributed by atoms with Crippen LogP contribution in [0.2, 0.25) is 0 Å². The van der Waals surface area contributed by atoms with Crippen molar-refractivity contribution in [2.24, 2.45) is 56.2 Å². The molecule has 0 aliphatic heterocycles. The Morgan fingerprint density at radius 2 is 1.57 bits per heavy atom. The molecule has 0 heterocycles. The first kappa shape index (κ1) is 40.7. The van der Waals surface area contributed by atoms with Crippen LogP contribution in [0.15, 0.2) is 41.5 Å². The number of carbonyl (C=O) groups excluding carboxylic acids is 3. The topological polar surface area (TPSA) is 119 Å². The number of carboxylic acid groups (broad SMARTS) is 1. The van der Waals surface area contributed by atoms with Crippen molar-refractivity contribution in [1.82, 2.24) is 5.32 Å². The molecule has 2 N–H and O–H groups in total. The van der Waals surface area contributed by atoms with Gasteiger partial charge in [0, 0.05) is 23.8 Å². The average Bonchev–Trinajstić information content (AvgIpc) is 3.39. The van der Waals surface area contributed by atoms with E-state index in [-0.39, 0.29) is 64.2 Å². The number of carboxylic acids is 1. The molecule has 9 atom stereocenters. The Balaban J connectivity index is 1.30. The molecule has 298 valence electrons. The van der Waals surface area contributed by atoms with Gasteiger partial charge in [-0.3, -0.25) is 19.2 Å². The minimum Gasteiger partial charge on any atom is -0.481 e. The third kappa shape index (κ3) is 6.38. The fourth-order valence-corrected chi connectivity index (χ4v) is 13.4. The quantitative estimate of drug-likeness (QED) is 0.216. The number of carbonyl (C=O) groups is 4. The lowest BCUT2D eigenvalue weighted by molar-refractivity contribution is -0.235. The zero-order valence-corrected chi connectivity index (χ0v) is 34.7. The third-order valence-corrected chi connectivity index (χ3v) is 16.3. The molecule has 0 radical (unpaired) electrons. The van der Waals surface area contributed by atoms with Crippen molar-refractivity contribution in [2.75, 3.05) is 13.6 Å². The van der Waals surface area contributed by atoms with Crippen LogP contribution < -0.4 is 5.32 Å². The monoisotopic (exact) mass is 745 g/mol. The van der Waals surface area contributed by atoms with Crippen LogP contribution in [0.4, 0.5) is 0 Å². The van der Waals surface area contributed by atoms with Crippen LogP contribution in [0.1, 0.15) is 132 Å². The summed E-state index contributed by atoms with van der Waals surface area (Å²) in [5, 5.41) is 13.0. The van der Waals surface area contributed by atoms with Gasteiger partial charge in [-0.15, -0.1) is 0 Å². The standard InChI is InChI=1S/C46H67NO7/c1-28(2)38-31(48)25-46(35(27-47-10)54-36(49)24-29-14-12-11-13-15-29)23-22-44(8)30(39(38)46)16-17-33-43(7)20-19-34(53-37(50)26-41(3,4)40(51)52)42(5,6)32(43)18-21-45(33,44)9/h11-15,28,30,32-35,47H,16-27H2,1-10H3,(H,51,52)/t30-,32?,33?,34+,35?,43+,44-,45-,46?/m1/s1. The highest BCUT2D eigenvalue weighted by molar-refractivity contribution is 6.01. The van der Waals surface area contributed by atoms with Crippen molar-refractivity contribution >= 4 is 23.7 Å². The third-order valence-electron chi connectivity index (χ3n) is 16.3. The van der Waals surface area contributed by atoms with Crippen molar-refractivity contribution in [3.8, 4) is 0 Å². The number of hydrogen-bond acceptors (Lipinski definition) is 7. The van der Waals surface area contributed by atoms with E-state index in [9.17, 15) is 24.3 Å². The van der Waals surface area contributed by atoms with E-state index in [0.29, 0.717) is 24.8 Å². The SMILES string of the molecule is CNCC(OC(=O)Cc1ccccc1)C12CC[C@]3(C)[C@H](CCC4[C@@]5(C)CC[C@H](OC(=O)CC(C)(C)C(=O)O)C(C)(C)C5CC[C@]43C)C1=C(C(C)C)C(=O)C2. The summed E-state index contributed by atoms with van der Waals surface area (Å²) in [6, 6.07) is 9.74. The fourth-order valence-electron chi connectivity index (χ4n) is 13.4. The van der Waals surface area contributed by atoms with Crippen molar-refractivity contribution in [3.05, 3.63) is 47.0 Å². The molecule has 54 heavy (non-hydrogen) atoms. The molecule has 0 spiro atoms. The number of aliphatic carboxylic acids is 1. The molecule has 0 amide bonds. The van der Waals surface area contributed by atoms with E-state index in [1.54, 1.807) is 13.8 Å². The zero-order chi connectivity index (χ0) is 39.6. The molecule has 5 aliphatic carbocycles. The average molecular weight is 746 g/mol. The van der Waals surface area contributed by atoms with Gasteiger partial charge in [-0.2, -0.15) is 0 Å². The number of ether oxygens (including phenoxy) is 2. The van der Waals surface area contributed by atoms with E-state index in [2.05, 4.69) is 53.8 Å². The maximum Gasteiger partial charge on any atom is 0.310 e. The Labute approximate surface area is 324 Å². The molecule has 4 unspecified atom stereocenters. The zero-order valence-electron chi connectivity index (χ0n) is 34.7. The lowest BCUT2D eigenvalue weighted by Crippen LogP contribution is -2.66. The molecular formula is C46H67NO7. The van der Waals surface area contributed by atoms with Crippen molar-refractivity contribution in [2.45, 2.75) is 145 Å². The van der Waals surface area contributed by atoms with E-state index < -0.39 is 28.9 Å². The Bertz CT molecular complexity index is 1680. The number of allylic oxidation sites excluding steroid dienone is 1. The maximum atomic E-state index is 14.3. The minimum absolute atomic E-state index is 0.0294. The van der Waals surface area contributed by atoms with Crippen molar-refractivity contribution < 1.29 is 33.8 Å².